The van der Waals surface area contributed by atoms with Crippen LogP contribution >= 0.6 is 24.0 Å². The number of aliphatic imine (C=N–C) groups is 1. The van der Waals surface area contributed by atoms with Gasteiger partial charge in [0.2, 0.25) is 5.91 Å². The second kappa shape index (κ2) is 19.9. The molecule has 0 aliphatic heterocycles. The second-order valence-corrected chi connectivity index (χ2v) is 6.29. The van der Waals surface area contributed by atoms with Crippen molar-refractivity contribution in [3.05, 3.63) is 35.9 Å². The number of ether oxygens (including phenoxy) is 2. The third kappa shape index (κ3) is 16.1. The molecule has 0 heterocycles. The van der Waals surface area contributed by atoms with Crippen molar-refractivity contribution in [1.82, 2.24) is 16.0 Å². The zero-order chi connectivity index (χ0) is 20.3. The van der Waals surface area contributed by atoms with E-state index < -0.39 is 0 Å². The molecule has 0 radical (unpaired) electrons. The Kier molecular flexibility index (Phi) is 19.0. The first-order chi connectivity index (χ1) is 13.8. The molecule has 0 aliphatic carbocycles. The average molecular weight is 520 g/mol. The quantitative estimate of drug-likeness (QED) is 0.143. The Morgan fingerprint density at radius 2 is 1.66 bits per heavy atom. The minimum atomic E-state index is -0.0892. The van der Waals surface area contributed by atoms with Crippen molar-refractivity contribution < 1.29 is 14.3 Å². The number of carbonyl (C=O) groups is 1. The number of hydrogen-bond acceptors (Lipinski definition) is 4. The summed E-state index contributed by atoms with van der Waals surface area (Å²) in [5, 5.41) is 9.18. The van der Waals surface area contributed by atoms with E-state index in [1.807, 2.05) is 25.1 Å². The second-order valence-electron chi connectivity index (χ2n) is 6.29. The number of nitrogens with one attached hydrogen (secondary N) is 3. The van der Waals surface area contributed by atoms with Crippen LogP contribution < -0.4 is 16.0 Å². The van der Waals surface area contributed by atoms with Crippen molar-refractivity contribution >= 4 is 35.8 Å². The molecule has 8 heteroatoms. The number of halogens is 1. The van der Waals surface area contributed by atoms with Gasteiger partial charge in [0.05, 0.1) is 19.8 Å². The summed E-state index contributed by atoms with van der Waals surface area (Å²) in [5.41, 5.74) is 1.21. The molecule has 0 unspecified atom stereocenters. The molecule has 7 nitrogen and oxygen atoms in total. The number of hydrogen-bond donors (Lipinski definition) is 3. The Morgan fingerprint density at radius 3 is 2.34 bits per heavy atom. The molecule has 0 aliphatic rings. The van der Waals surface area contributed by atoms with E-state index >= 15 is 0 Å². The predicted molar refractivity (Wildman–Crippen MR) is 129 cm³/mol. The summed E-state index contributed by atoms with van der Waals surface area (Å²) in [5.74, 6) is 0.525. The summed E-state index contributed by atoms with van der Waals surface area (Å²) < 4.78 is 11.0. The van der Waals surface area contributed by atoms with E-state index in [0.29, 0.717) is 38.9 Å². The Morgan fingerprint density at radius 1 is 0.931 bits per heavy atom. The summed E-state index contributed by atoms with van der Waals surface area (Å²) in [7, 11) is 0. The first kappa shape index (κ1) is 27.6. The number of benzene rings is 1. The van der Waals surface area contributed by atoms with Crippen LogP contribution in [-0.2, 0) is 20.7 Å². The zero-order valence-electron chi connectivity index (χ0n) is 17.7. The molecule has 1 aromatic rings. The minimum Gasteiger partial charge on any atom is -0.379 e. The molecule has 1 amide bonds. The summed E-state index contributed by atoms with van der Waals surface area (Å²) in [6.45, 7) is 8.75. The maximum absolute atomic E-state index is 12.0. The summed E-state index contributed by atoms with van der Waals surface area (Å²) >= 11 is 0. The van der Waals surface area contributed by atoms with Crippen LogP contribution in [0.3, 0.4) is 0 Å². The van der Waals surface area contributed by atoms with Crippen molar-refractivity contribution in [2.45, 2.75) is 33.1 Å². The lowest BCUT2D eigenvalue weighted by atomic mass is 10.1. The Labute approximate surface area is 192 Å². The Hall–Kier alpha value is -1.39. The predicted octanol–water partition coefficient (Wildman–Crippen LogP) is 2.35. The van der Waals surface area contributed by atoms with Gasteiger partial charge in [-0.2, -0.15) is 0 Å². The van der Waals surface area contributed by atoms with Crippen molar-refractivity contribution in [3.8, 4) is 0 Å². The van der Waals surface area contributed by atoms with E-state index in [4.69, 9.17) is 9.47 Å². The molecule has 0 bridgehead atoms. The third-order valence-corrected chi connectivity index (χ3v) is 3.86. The van der Waals surface area contributed by atoms with Gasteiger partial charge in [0.25, 0.3) is 0 Å². The smallest absolute Gasteiger partial charge is 0.241 e. The molecule has 0 fully saturated rings. The van der Waals surface area contributed by atoms with E-state index in [-0.39, 0.29) is 36.4 Å². The van der Waals surface area contributed by atoms with Crippen LogP contribution in [-0.4, -0.2) is 64.5 Å². The van der Waals surface area contributed by atoms with Crippen LogP contribution in [0.25, 0.3) is 0 Å². The number of rotatable bonds is 15. The SMILES string of the molecule is CCCCOCCOCCNC(=NCC(=O)NCCc1ccccc1)NCC.I. The first-order valence-corrected chi connectivity index (χ1v) is 10.2. The molecule has 0 saturated carbocycles. The topological polar surface area (TPSA) is 84.0 Å². The molecule has 3 N–H and O–H groups in total. The van der Waals surface area contributed by atoms with Gasteiger partial charge in [-0.25, -0.2) is 4.99 Å². The molecule has 0 spiro atoms. The highest BCUT2D eigenvalue weighted by Crippen LogP contribution is 1.98. The van der Waals surface area contributed by atoms with Crippen LogP contribution in [0.5, 0.6) is 0 Å². The lowest BCUT2D eigenvalue weighted by Gasteiger charge is -2.11. The van der Waals surface area contributed by atoms with E-state index in [9.17, 15) is 4.79 Å². The number of unbranched alkanes of at least 4 members (excludes halogenated alkanes) is 1. The summed E-state index contributed by atoms with van der Waals surface area (Å²) in [6.07, 6.45) is 3.04. The number of guanidine groups is 1. The van der Waals surface area contributed by atoms with Crippen LogP contribution in [0.4, 0.5) is 0 Å². The van der Waals surface area contributed by atoms with Gasteiger partial charge < -0.3 is 25.4 Å². The fourth-order valence-electron chi connectivity index (χ4n) is 2.35. The lowest BCUT2D eigenvalue weighted by molar-refractivity contribution is -0.119. The van der Waals surface area contributed by atoms with Crippen molar-refractivity contribution in [1.29, 1.82) is 0 Å². The largest absolute Gasteiger partial charge is 0.379 e. The highest BCUT2D eigenvalue weighted by Gasteiger charge is 2.02. The average Bonchev–Trinajstić information content (AvgIpc) is 2.71. The maximum Gasteiger partial charge on any atom is 0.241 e. The van der Waals surface area contributed by atoms with Crippen molar-refractivity contribution in [2.24, 2.45) is 4.99 Å². The third-order valence-electron chi connectivity index (χ3n) is 3.86. The van der Waals surface area contributed by atoms with Gasteiger partial charge in [0, 0.05) is 26.2 Å². The number of nitrogens with zero attached hydrogens (tertiary/aromatic N) is 1. The molecule has 29 heavy (non-hydrogen) atoms. The van der Waals surface area contributed by atoms with Crippen LogP contribution in [0.15, 0.2) is 35.3 Å². The molecular formula is C21H37IN4O3. The first-order valence-electron chi connectivity index (χ1n) is 10.2. The summed E-state index contributed by atoms with van der Waals surface area (Å²) in [6, 6.07) is 10.1. The van der Waals surface area contributed by atoms with E-state index in [0.717, 1.165) is 32.4 Å². The minimum absolute atomic E-state index is 0. The molecule has 0 atom stereocenters. The molecule has 1 rings (SSSR count). The fraction of sp³-hybridized carbons (Fsp3) is 0.619. The van der Waals surface area contributed by atoms with Gasteiger partial charge >= 0.3 is 0 Å². The van der Waals surface area contributed by atoms with E-state index in [1.165, 1.54) is 5.56 Å². The normalized spacial score (nSPS) is 10.9. The Bertz CT molecular complexity index is 544. The molecule has 0 saturated heterocycles. The van der Waals surface area contributed by atoms with Gasteiger partial charge in [0.1, 0.15) is 6.54 Å². The number of carbonyl (C=O) groups excluding carboxylic acids is 1. The maximum atomic E-state index is 12.0. The molecule has 1 aromatic carbocycles. The standard InChI is InChI=1S/C21H36N4O3.HI/c1-3-5-14-27-16-17-28-15-13-24-21(22-4-2)25-18-20(26)23-12-11-19-9-7-6-8-10-19;/h6-10H,3-5,11-18H2,1-2H3,(H,23,26)(H2,22,24,25);1H. The van der Waals surface area contributed by atoms with Gasteiger partial charge in [0.15, 0.2) is 5.96 Å². The van der Waals surface area contributed by atoms with Gasteiger partial charge in [-0.05, 0) is 25.3 Å². The van der Waals surface area contributed by atoms with Crippen molar-refractivity contribution in [2.75, 3.05) is 52.6 Å². The highest BCUT2D eigenvalue weighted by molar-refractivity contribution is 14.0. The zero-order valence-corrected chi connectivity index (χ0v) is 20.1. The lowest BCUT2D eigenvalue weighted by Crippen LogP contribution is -2.40. The Balaban J connectivity index is 0.00000784. The van der Waals surface area contributed by atoms with Gasteiger partial charge in [-0.15, -0.1) is 24.0 Å². The van der Waals surface area contributed by atoms with Crippen LogP contribution in [0.1, 0.15) is 32.3 Å². The summed E-state index contributed by atoms with van der Waals surface area (Å²) in [4.78, 5) is 16.3. The van der Waals surface area contributed by atoms with Crippen molar-refractivity contribution in [3.63, 3.8) is 0 Å². The van der Waals surface area contributed by atoms with Crippen LogP contribution in [0.2, 0.25) is 0 Å². The molecular weight excluding hydrogens is 483 g/mol. The van der Waals surface area contributed by atoms with E-state index in [1.54, 1.807) is 0 Å². The molecule has 0 aromatic heterocycles. The van der Waals surface area contributed by atoms with Gasteiger partial charge in [-0.1, -0.05) is 43.7 Å². The van der Waals surface area contributed by atoms with Crippen LogP contribution in [0, 0.1) is 0 Å². The molecule has 166 valence electrons. The van der Waals surface area contributed by atoms with E-state index in [2.05, 4.69) is 40.0 Å². The fourth-order valence-corrected chi connectivity index (χ4v) is 2.35. The monoisotopic (exact) mass is 520 g/mol. The highest BCUT2D eigenvalue weighted by atomic mass is 127. The number of amides is 1. The van der Waals surface area contributed by atoms with Gasteiger partial charge in [-0.3, -0.25) is 4.79 Å².